The highest BCUT2D eigenvalue weighted by atomic mass is 16.5. The van der Waals surface area contributed by atoms with Gasteiger partial charge in [0, 0.05) is 12.0 Å². The van der Waals surface area contributed by atoms with E-state index in [4.69, 9.17) is 10.5 Å². The van der Waals surface area contributed by atoms with Gasteiger partial charge in [-0.2, -0.15) is 0 Å². The Labute approximate surface area is 122 Å². The SMILES string of the molecule is CC1OCCC1(C)n1c(N)nc2cnc3ccccc3c21. The Bertz CT molecular complexity index is 841. The molecule has 1 aromatic carbocycles. The second kappa shape index (κ2) is 4.18. The van der Waals surface area contributed by atoms with E-state index in [1.54, 1.807) is 6.20 Å². The summed E-state index contributed by atoms with van der Waals surface area (Å²) in [4.78, 5) is 8.98. The molecule has 0 radical (unpaired) electrons. The number of nitrogens with two attached hydrogens (primary N) is 1. The van der Waals surface area contributed by atoms with Crippen molar-refractivity contribution in [2.24, 2.45) is 0 Å². The average Bonchev–Trinajstić information content (AvgIpc) is 2.99. The van der Waals surface area contributed by atoms with Gasteiger partial charge in [0.05, 0.1) is 28.9 Å². The molecule has 3 heterocycles. The van der Waals surface area contributed by atoms with Crippen LogP contribution in [0, 0.1) is 0 Å². The molecule has 3 aromatic rings. The molecule has 4 rings (SSSR count). The molecule has 21 heavy (non-hydrogen) atoms. The van der Waals surface area contributed by atoms with Crippen molar-refractivity contribution in [2.45, 2.75) is 31.9 Å². The van der Waals surface area contributed by atoms with Crippen molar-refractivity contribution in [3.8, 4) is 0 Å². The minimum Gasteiger partial charge on any atom is -0.376 e. The molecular formula is C16H18N4O. The van der Waals surface area contributed by atoms with Crippen molar-refractivity contribution in [1.82, 2.24) is 14.5 Å². The van der Waals surface area contributed by atoms with E-state index >= 15 is 0 Å². The molecule has 0 aliphatic carbocycles. The summed E-state index contributed by atoms with van der Waals surface area (Å²) in [5, 5.41) is 1.08. The molecule has 0 saturated carbocycles. The maximum absolute atomic E-state index is 6.24. The largest absolute Gasteiger partial charge is 0.376 e. The number of hydrogen-bond acceptors (Lipinski definition) is 4. The molecule has 2 atom stereocenters. The predicted octanol–water partition coefficient (Wildman–Crippen LogP) is 2.69. The van der Waals surface area contributed by atoms with Gasteiger partial charge < -0.3 is 15.0 Å². The molecule has 0 amide bonds. The van der Waals surface area contributed by atoms with Crippen molar-refractivity contribution in [2.75, 3.05) is 12.3 Å². The lowest BCUT2D eigenvalue weighted by Gasteiger charge is -2.31. The van der Waals surface area contributed by atoms with E-state index in [-0.39, 0.29) is 11.6 Å². The van der Waals surface area contributed by atoms with Gasteiger partial charge in [-0.15, -0.1) is 0 Å². The first-order valence-corrected chi connectivity index (χ1v) is 7.25. The number of nitrogen functional groups attached to an aromatic ring is 1. The van der Waals surface area contributed by atoms with E-state index in [2.05, 4.69) is 34.4 Å². The smallest absolute Gasteiger partial charge is 0.201 e. The number of para-hydroxylation sites is 1. The third kappa shape index (κ3) is 1.61. The molecule has 1 fully saturated rings. The van der Waals surface area contributed by atoms with Gasteiger partial charge in [-0.25, -0.2) is 4.98 Å². The Kier molecular flexibility index (Phi) is 2.50. The predicted molar refractivity (Wildman–Crippen MR) is 83.1 cm³/mol. The fourth-order valence-corrected chi connectivity index (χ4v) is 3.36. The Morgan fingerprint density at radius 2 is 2.14 bits per heavy atom. The topological polar surface area (TPSA) is 66.0 Å². The first-order valence-electron chi connectivity index (χ1n) is 7.25. The molecule has 108 valence electrons. The third-order valence-electron chi connectivity index (χ3n) is 4.78. The second-order valence-electron chi connectivity index (χ2n) is 5.93. The highest BCUT2D eigenvalue weighted by Crippen LogP contribution is 2.39. The van der Waals surface area contributed by atoms with Crippen LogP contribution in [0.3, 0.4) is 0 Å². The van der Waals surface area contributed by atoms with Gasteiger partial charge in [-0.05, 0) is 26.3 Å². The van der Waals surface area contributed by atoms with Crippen molar-refractivity contribution < 1.29 is 4.74 Å². The number of fused-ring (bicyclic) bond motifs is 3. The van der Waals surface area contributed by atoms with Crippen LogP contribution in [-0.2, 0) is 10.3 Å². The number of rotatable bonds is 1. The van der Waals surface area contributed by atoms with E-state index in [9.17, 15) is 0 Å². The molecule has 5 nitrogen and oxygen atoms in total. The molecular weight excluding hydrogens is 264 g/mol. The minimum atomic E-state index is -0.178. The summed E-state index contributed by atoms with van der Waals surface area (Å²) < 4.78 is 7.93. The first kappa shape index (κ1) is 12.6. The van der Waals surface area contributed by atoms with E-state index in [0.717, 1.165) is 35.0 Å². The number of anilines is 1. The maximum atomic E-state index is 6.24. The van der Waals surface area contributed by atoms with Crippen molar-refractivity contribution in [3.05, 3.63) is 30.5 Å². The lowest BCUT2D eigenvalue weighted by molar-refractivity contribution is 0.0784. The molecule has 1 aliphatic heterocycles. The number of ether oxygens (including phenoxy) is 1. The molecule has 1 aliphatic rings. The lowest BCUT2D eigenvalue weighted by atomic mass is 9.93. The standard InChI is InChI=1S/C16H18N4O/c1-10-16(2,7-8-21-10)20-14-11-5-3-4-6-12(11)18-9-13(14)19-15(20)17/h3-6,9-10H,7-8H2,1-2H3,(H2,17,19). The van der Waals surface area contributed by atoms with Gasteiger partial charge in [-0.1, -0.05) is 18.2 Å². The van der Waals surface area contributed by atoms with Crippen LogP contribution in [0.15, 0.2) is 30.5 Å². The number of imidazole rings is 1. The van der Waals surface area contributed by atoms with Gasteiger partial charge in [0.2, 0.25) is 5.95 Å². The quantitative estimate of drug-likeness (QED) is 0.745. The second-order valence-corrected chi connectivity index (χ2v) is 5.93. The van der Waals surface area contributed by atoms with Gasteiger partial charge >= 0.3 is 0 Å². The van der Waals surface area contributed by atoms with Crippen LogP contribution in [0.1, 0.15) is 20.3 Å². The number of benzene rings is 1. The van der Waals surface area contributed by atoms with Crippen LogP contribution in [0.4, 0.5) is 5.95 Å². The van der Waals surface area contributed by atoms with Gasteiger partial charge in [0.15, 0.2) is 0 Å². The third-order valence-corrected chi connectivity index (χ3v) is 4.78. The number of hydrogen-bond donors (Lipinski definition) is 1. The zero-order chi connectivity index (χ0) is 14.6. The van der Waals surface area contributed by atoms with E-state index in [1.165, 1.54) is 0 Å². The first-order chi connectivity index (χ1) is 10.1. The molecule has 5 heteroatoms. The van der Waals surface area contributed by atoms with E-state index < -0.39 is 0 Å². The average molecular weight is 282 g/mol. The zero-order valence-corrected chi connectivity index (χ0v) is 12.2. The van der Waals surface area contributed by atoms with Crippen molar-refractivity contribution in [3.63, 3.8) is 0 Å². The highest BCUT2D eigenvalue weighted by Gasteiger charge is 2.41. The molecule has 0 spiro atoms. The summed E-state index contributed by atoms with van der Waals surface area (Å²) in [6, 6.07) is 8.10. The Balaban J connectivity index is 2.13. The van der Waals surface area contributed by atoms with Gasteiger partial charge in [0.1, 0.15) is 5.52 Å². The van der Waals surface area contributed by atoms with Crippen LogP contribution in [0.25, 0.3) is 21.9 Å². The number of aromatic nitrogens is 3. The zero-order valence-electron chi connectivity index (χ0n) is 12.2. The summed E-state index contributed by atoms with van der Waals surface area (Å²) >= 11 is 0. The fraction of sp³-hybridized carbons (Fsp3) is 0.375. The number of nitrogens with zero attached hydrogens (tertiary/aromatic N) is 3. The van der Waals surface area contributed by atoms with Crippen LogP contribution in [0.5, 0.6) is 0 Å². The van der Waals surface area contributed by atoms with Crippen LogP contribution in [0.2, 0.25) is 0 Å². The van der Waals surface area contributed by atoms with Crippen molar-refractivity contribution in [1.29, 1.82) is 0 Å². The molecule has 2 N–H and O–H groups in total. The Morgan fingerprint density at radius 3 is 2.90 bits per heavy atom. The Morgan fingerprint density at radius 1 is 1.33 bits per heavy atom. The summed E-state index contributed by atoms with van der Waals surface area (Å²) in [6.07, 6.45) is 2.83. The number of pyridine rings is 1. The van der Waals surface area contributed by atoms with Crippen molar-refractivity contribution >= 4 is 27.9 Å². The minimum absolute atomic E-state index is 0.101. The molecule has 2 unspecified atom stereocenters. The van der Waals surface area contributed by atoms with Crippen LogP contribution < -0.4 is 5.73 Å². The van der Waals surface area contributed by atoms with Gasteiger partial charge in [-0.3, -0.25) is 4.98 Å². The van der Waals surface area contributed by atoms with E-state index in [0.29, 0.717) is 5.95 Å². The lowest BCUT2D eigenvalue weighted by Crippen LogP contribution is -2.37. The monoisotopic (exact) mass is 282 g/mol. The summed E-state index contributed by atoms with van der Waals surface area (Å²) in [6.45, 7) is 5.04. The van der Waals surface area contributed by atoms with Crippen LogP contribution in [-0.4, -0.2) is 27.2 Å². The fourth-order valence-electron chi connectivity index (χ4n) is 3.36. The van der Waals surface area contributed by atoms with Gasteiger partial charge in [0.25, 0.3) is 0 Å². The summed E-state index contributed by atoms with van der Waals surface area (Å²) in [5.41, 5.74) is 8.92. The van der Waals surface area contributed by atoms with E-state index in [1.807, 2.05) is 18.2 Å². The molecule has 2 aromatic heterocycles. The highest BCUT2D eigenvalue weighted by molar-refractivity contribution is 6.03. The maximum Gasteiger partial charge on any atom is 0.201 e. The summed E-state index contributed by atoms with van der Waals surface area (Å²) in [5.74, 6) is 0.531. The Hall–Kier alpha value is -2.14. The molecule has 0 bridgehead atoms. The van der Waals surface area contributed by atoms with Crippen LogP contribution >= 0.6 is 0 Å². The molecule has 1 saturated heterocycles. The summed E-state index contributed by atoms with van der Waals surface area (Å²) in [7, 11) is 0. The normalized spacial score (nSPS) is 25.9.